The van der Waals surface area contributed by atoms with Gasteiger partial charge in [-0.3, -0.25) is 0 Å². The molecule has 18 heavy (non-hydrogen) atoms. The zero-order valence-corrected chi connectivity index (χ0v) is 11.7. The van der Waals surface area contributed by atoms with Crippen molar-refractivity contribution in [3.8, 4) is 0 Å². The van der Waals surface area contributed by atoms with Gasteiger partial charge >= 0.3 is 0 Å². The van der Waals surface area contributed by atoms with Gasteiger partial charge in [0.15, 0.2) is 0 Å². The first kappa shape index (κ1) is 13.1. The molecule has 2 aromatic carbocycles. The highest BCUT2D eigenvalue weighted by atomic mass is 79.9. The van der Waals surface area contributed by atoms with E-state index in [1.54, 1.807) is 12.1 Å². The molecule has 3 N–H and O–H groups in total. The minimum atomic E-state index is 0.551. The number of hydrazine groups is 1. The van der Waals surface area contributed by atoms with Crippen molar-refractivity contribution in [2.45, 2.75) is 0 Å². The molecule has 0 saturated carbocycles. The fourth-order valence-electron chi connectivity index (χ4n) is 1.48. The third-order valence-electron chi connectivity index (χ3n) is 2.32. The van der Waals surface area contributed by atoms with E-state index in [9.17, 15) is 0 Å². The van der Waals surface area contributed by atoms with Crippen LogP contribution in [0.15, 0.2) is 58.0 Å². The van der Waals surface area contributed by atoms with Crippen LogP contribution in [0.25, 0.3) is 0 Å². The van der Waals surface area contributed by atoms with Crippen molar-refractivity contribution in [3.05, 3.63) is 63.6 Å². The van der Waals surface area contributed by atoms with E-state index < -0.39 is 0 Å². The quantitative estimate of drug-likeness (QED) is 0.383. The van der Waals surface area contributed by atoms with Crippen LogP contribution >= 0.6 is 27.5 Å². The molecule has 0 atom stereocenters. The van der Waals surface area contributed by atoms with Crippen molar-refractivity contribution in [2.24, 2.45) is 10.8 Å². The highest BCUT2D eigenvalue weighted by Gasteiger charge is 2.07. The van der Waals surface area contributed by atoms with E-state index in [0.29, 0.717) is 10.9 Å². The second-order valence-electron chi connectivity index (χ2n) is 3.56. The predicted octanol–water partition coefficient (Wildman–Crippen LogP) is 3.64. The molecule has 0 aliphatic carbocycles. The van der Waals surface area contributed by atoms with Crippen LogP contribution in [0.3, 0.4) is 0 Å². The number of hydrogen-bond acceptors (Lipinski definition) is 2. The second-order valence-corrected chi connectivity index (χ2v) is 4.86. The minimum Gasteiger partial charge on any atom is -0.308 e. The molecule has 0 aromatic heterocycles. The van der Waals surface area contributed by atoms with E-state index in [4.69, 9.17) is 17.4 Å². The summed E-state index contributed by atoms with van der Waals surface area (Å²) in [7, 11) is 0. The summed E-state index contributed by atoms with van der Waals surface area (Å²) in [5.74, 6) is 6.08. The van der Waals surface area contributed by atoms with Crippen LogP contribution in [-0.2, 0) is 0 Å². The average molecular weight is 325 g/mol. The van der Waals surface area contributed by atoms with Crippen LogP contribution in [0, 0.1) is 0 Å². The number of hydrogen-bond donors (Lipinski definition) is 2. The van der Waals surface area contributed by atoms with Gasteiger partial charge in [0.1, 0.15) is 5.84 Å². The first-order valence-corrected chi connectivity index (χ1v) is 6.43. The topological polar surface area (TPSA) is 50.4 Å². The number of nitrogens with two attached hydrogens (primary N) is 1. The van der Waals surface area contributed by atoms with Crippen molar-refractivity contribution in [1.29, 1.82) is 0 Å². The van der Waals surface area contributed by atoms with Gasteiger partial charge in [0.05, 0.1) is 5.69 Å². The number of rotatable bonds is 2. The lowest BCUT2D eigenvalue weighted by Gasteiger charge is -2.08. The third kappa shape index (κ3) is 3.10. The fraction of sp³-hybridized carbons (Fsp3) is 0. The molecule has 0 aliphatic heterocycles. The van der Waals surface area contributed by atoms with Crippen molar-refractivity contribution in [1.82, 2.24) is 5.43 Å². The molecule has 0 heterocycles. The molecule has 5 heteroatoms. The summed E-state index contributed by atoms with van der Waals surface area (Å²) in [5, 5.41) is 0.629. The van der Waals surface area contributed by atoms with Gasteiger partial charge in [-0.05, 0) is 30.3 Å². The van der Waals surface area contributed by atoms with Gasteiger partial charge in [0.25, 0.3) is 0 Å². The SMILES string of the molecule is NNC(=Nc1ccccc1)c1cc(Cl)ccc1Br. The molecule has 0 bridgehead atoms. The zero-order valence-electron chi connectivity index (χ0n) is 9.40. The van der Waals surface area contributed by atoms with E-state index >= 15 is 0 Å². The Morgan fingerprint density at radius 3 is 2.56 bits per heavy atom. The predicted molar refractivity (Wildman–Crippen MR) is 79.1 cm³/mol. The smallest absolute Gasteiger partial charge is 0.149 e. The van der Waals surface area contributed by atoms with Gasteiger partial charge in [0.2, 0.25) is 0 Å². The molecule has 0 saturated heterocycles. The molecule has 0 amide bonds. The van der Waals surface area contributed by atoms with Crippen molar-refractivity contribution in [3.63, 3.8) is 0 Å². The van der Waals surface area contributed by atoms with E-state index in [1.807, 2.05) is 36.4 Å². The van der Waals surface area contributed by atoms with Gasteiger partial charge in [-0.2, -0.15) is 0 Å². The Balaban J connectivity index is 2.45. The Hall–Kier alpha value is -1.36. The number of para-hydroxylation sites is 1. The molecule has 0 unspecified atom stereocenters. The summed E-state index contributed by atoms with van der Waals surface area (Å²) in [6.07, 6.45) is 0. The molecule has 0 radical (unpaired) electrons. The zero-order chi connectivity index (χ0) is 13.0. The van der Waals surface area contributed by atoms with E-state index in [1.165, 1.54) is 0 Å². The van der Waals surface area contributed by atoms with E-state index in [2.05, 4.69) is 26.3 Å². The van der Waals surface area contributed by atoms with Gasteiger partial charge in [-0.15, -0.1) is 0 Å². The number of amidine groups is 1. The van der Waals surface area contributed by atoms with Gasteiger partial charge in [-0.25, -0.2) is 10.8 Å². The highest BCUT2D eigenvalue weighted by molar-refractivity contribution is 9.10. The Morgan fingerprint density at radius 1 is 1.17 bits per heavy atom. The Labute approximate surface area is 119 Å². The van der Waals surface area contributed by atoms with Crippen LogP contribution in [0.1, 0.15) is 5.56 Å². The largest absolute Gasteiger partial charge is 0.308 e. The molecule has 92 valence electrons. The van der Waals surface area contributed by atoms with Gasteiger partial charge in [-0.1, -0.05) is 45.7 Å². The van der Waals surface area contributed by atoms with Gasteiger partial charge in [0, 0.05) is 15.1 Å². The molecule has 3 nitrogen and oxygen atoms in total. The molecule has 0 spiro atoms. The molecule has 2 rings (SSSR count). The number of benzene rings is 2. The summed E-state index contributed by atoms with van der Waals surface area (Å²) in [4.78, 5) is 4.44. The first-order chi connectivity index (χ1) is 8.70. The minimum absolute atomic E-state index is 0.551. The third-order valence-corrected chi connectivity index (χ3v) is 3.24. The van der Waals surface area contributed by atoms with Gasteiger partial charge < -0.3 is 5.43 Å². The summed E-state index contributed by atoms with van der Waals surface area (Å²) < 4.78 is 0.875. The number of halogens is 2. The Bertz CT molecular complexity index is 570. The van der Waals surface area contributed by atoms with E-state index in [-0.39, 0.29) is 0 Å². The number of nitrogens with zero attached hydrogens (tertiary/aromatic N) is 1. The molecular formula is C13H11BrClN3. The Kier molecular flexibility index (Phi) is 4.36. The normalized spacial score (nSPS) is 11.4. The van der Waals surface area contributed by atoms with Crippen molar-refractivity contribution >= 4 is 39.1 Å². The average Bonchev–Trinajstić information content (AvgIpc) is 2.40. The maximum atomic E-state index is 5.98. The van der Waals surface area contributed by atoms with Crippen LogP contribution in [0.2, 0.25) is 5.02 Å². The molecular weight excluding hydrogens is 314 g/mol. The molecule has 2 aromatic rings. The number of aliphatic imine (C=N–C) groups is 1. The highest BCUT2D eigenvalue weighted by Crippen LogP contribution is 2.22. The molecule has 0 aliphatic rings. The van der Waals surface area contributed by atoms with Crippen LogP contribution in [-0.4, -0.2) is 5.84 Å². The van der Waals surface area contributed by atoms with E-state index in [0.717, 1.165) is 15.7 Å². The summed E-state index contributed by atoms with van der Waals surface area (Å²) in [6, 6.07) is 15.0. The first-order valence-electron chi connectivity index (χ1n) is 5.26. The lowest BCUT2D eigenvalue weighted by molar-refractivity contribution is 1.02. The lowest BCUT2D eigenvalue weighted by atomic mass is 10.2. The van der Waals surface area contributed by atoms with Crippen LogP contribution in [0.5, 0.6) is 0 Å². The molecule has 0 fully saturated rings. The monoisotopic (exact) mass is 323 g/mol. The number of nitrogens with one attached hydrogen (secondary N) is 1. The maximum absolute atomic E-state index is 5.98. The Morgan fingerprint density at radius 2 is 1.89 bits per heavy atom. The summed E-state index contributed by atoms with van der Waals surface area (Å²) in [6.45, 7) is 0. The van der Waals surface area contributed by atoms with Crippen LogP contribution < -0.4 is 11.3 Å². The standard InChI is InChI=1S/C13H11BrClN3/c14-12-7-6-9(15)8-11(12)13(18-16)17-10-4-2-1-3-5-10/h1-8H,16H2,(H,17,18). The van der Waals surface area contributed by atoms with Crippen molar-refractivity contribution in [2.75, 3.05) is 0 Å². The maximum Gasteiger partial charge on any atom is 0.149 e. The summed E-state index contributed by atoms with van der Waals surface area (Å²) >= 11 is 9.43. The fourth-order valence-corrected chi connectivity index (χ4v) is 2.09. The summed E-state index contributed by atoms with van der Waals surface area (Å²) in [5.41, 5.74) is 4.23. The van der Waals surface area contributed by atoms with Crippen molar-refractivity contribution < 1.29 is 0 Å². The second kappa shape index (κ2) is 6.00. The van der Waals surface area contributed by atoms with Crippen LogP contribution in [0.4, 0.5) is 5.69 Å². The lowest BCUT2D eigenvalue weighted by Crippen LogP contribution is -2.31.